The summed E-state index contributed by atoms with van der Waals surface area (Å²) in [6.45, 7) is 4.24. The number of carbonyl (C=O) groups excluding carboxylic acids is 3. The van der Waals surface area contributed by atoms with Crippen molar-refractivity contribution in [3.05, 3.63) is 126 Å². The van der Waals surface area contributed by atoms with Gasteiger partial charge < -0.3 is 25.8 Å². The van der Waals surface area contributed by atoms with E-state index in [-0.39, 0.29) is 43.5 Å². The molecule has 3 aromatic carbocycles. The van der Waals surface area contributed by atoms with E-state index in [2.05, 4.69) is 30.8 Å². The lowest BCUT2D eigenvalue weighted by Gasteiger charge is -2.36. The molecule has 4 aromatic rings. The van der Waals surface area contributed by atoms with Gasteiger partial charge >= 0.3 is 0 Å². The summed E-state index contributed by atoms with van der Waals surface area (Å²) in [5.74, 6) is 0.594. The third-order valence-corrected chi connectivity index (χ3v) is 10.9. The molecule has 6 rings (SSSR count). The summed E-state index contributed by atoms with van der Waals surface area (Å²) in [6.07, 6.45) is 12.9. The van der Waals surface area contributed by atoms with E-state index in [1.165, 1.54) is 45.1 Å². The molecule has 2 aliphatic rings. The van der Waals surface area contributed by atoms with E-state index in [0.717, 1.165) is 42.1 Å². The highest BCUT2D eigenvalue weighted by Crippen LogP contribution is 2.42. The number of hydrogen-bond donors (Lipinski definition) is 4. The van der Waals surface area contributed by atoms with Crippen LogP contribution in [0.15, 0.2) is 104 Å². The van der Waals surface area contributed by atoms with E-state index in [1.54, 1.807) is 12.5 Å². The van der Waals surface area contributed by atoms with Crippen molar-refractivity contribution in [2.75, 3.05) is 32.7 Å². The molecule has 0 spiro atoms. The van der Waals surface area contributed by atoms with E-state index in [1.807, 2.05) is 91.0 Å². The highest BCUT2D eigenvalue weighted by molar-refractivity contribution is 5.89. The van der Waals surface area contributed by atoms with Crippen molar-refractivity contribution < 1.29 is 14.4 Å². The average molecular weight is 703 g/mol. The zero-order valence-electron chi connectivity index (χ0n) is 30.3. The van der Waals surface area contributed by atoms with Crippen LogP contribution in [0.5, 0.6) is 0 Å². The first-order valence-electron chi connectivity index (χ1n) is 19.2. The fourth-order valence-electron chi connectivity index (χ4n) is 8.27. The quantitative estimate of drug-likeness (QED) is 0.111. The number of likely N-dealkylation sites (tertiary alicyclic amines) is 1. The molecule has 274 valence electrons. The van der Waals surface area contributed by atoms with Crippen LogP contribution in [0.3, 0.4) is 0 Å². The van der Waals surface area contributed by atoms with Gasteiger partial charge in [0.25, 0.3) is 0 Å². The van der Waals surface area contributed by atoms with Gasteiger partial charge in [-0.15, -0.1) is 0 Å². The number of aromatic nitrogens is 2. The van der Waals surface area contributed by atoms with E-state index in [0.29, 0.717) is 18.2 Å². The van der Waals surface area contributed by atoms with Crippen LogP contribution < -0.4 is 16.0 Å². The molecule has 1 aromatic heterocycles. The van der Waals surface area contributed by atoms with Gasteiger partial charge in [0.1, 0.15) is 6.04 Å². The summed E-state index contributed by atoms with van der Waals surface area (Å²) in [4.78, 5) is 50.6. The van der Waals surface area contributed by atoms with Gasteiger partial charge in [-0.2, -0.15) is 0 Å². The van der Waals surface area contributed by atoms with Crippen LogP contribution >= 0.6 is 0 Å². The fourth-order valence-corrected chi connectivity index (χ4v) is 8.27. The molecule has 1 aliphatic carbocycles. The zero-order chi connectivity index (χ0) is 36.0. The second-order valence-electron chi connectivity index (χ2n) is 14.7. The summed E-state index contributed by atoms with van der Waals surface area (Å²) < 4.78 is 0. The van der Waals surface area contributed by atoms with Crippen LogP contribution in [0.25, 0.3) is 0 Å². The number of imidazole rings is 1. The lowest BCUT2D eigenvalue weighted by Crippen LogP contribution is -2.50. The van der Waals surface area contributed by atoms with Crippen molar-refractivity contribution in [3.8, 4) is 0 Å². The molecule has 1 saturated heterocycles. The number of hydrogen-bond acceptors (Lipinski definition) is 5. The fraction of sp³-hybridized carbons (Fsp3) is 0.442. The lowest BCUT2D eigenvalue weighted by molar-refractivity contribution is -0.129. The van der Waals surface area contributed by atoms with Gasteiger partial charge in [-0.1, -0.05) is 110 Å². The summed E-state index contributed by atoms with van der Waals surface area (Å²) in [6, 6.07) is 29.2. The van der Waals surface area contributed by atoms with Crippen molar-refractivity contribution in [2.45, 2.75) is 75.7 Å². The van der Waals surface area contributed by atoms with E-state index >= 15 is 0 Å². The molecule has 9 nitrogen and oxygen atoms in total. The second-order valence-corrected chi connectivity index (χ2v) is 14.7. The Balaban J connectivity index is 1.07. The number of rotatable bonds is 16. The minimum Gasteiger partial charge on any atom is -0.356 e. The van der Waals surface area contributed by atoms with Crippen LogP contribution in [-0.2, 0) is 26.2 Å². The largest absolute Gasteiger partial charge is 0.356 e. The lowest BCUT2D eigenvalue weighted by atomic mass is 9.67. The summed E-state index contributed by atoms with van der Waals surface area (Å²) in [7, 11) is 0. The normalized spacial score (nSPS) is 17.6. The third kappa shape index (κ3) is 9.97. The molecule has 3 amide bonds. The number of nitrogens with zero attached hydrogens (tertiary/aromatic N) is 2. The molecule has 2 heterocycles. The Kier molecular flexibility index (Phi) is 13.3. The van der Waals surface area contributed by atoms with Crippen LogP contribution in [0.1, 0.15) is 80.2 Å². The molecular formula is C43H54N6O3. The Morgan fingerprint density at radius 2 is 1.38 bits per heavy atom. The van der Waals surface area contributed by atoms with Crippen LogP contribution in [-0.4, -0.2) is 71.4 Å². The van der Waals surface area contributed by atoms with E-state index in [4.69, 9.17) is 0 Å². The Morgan fingerprint density at radius 1 is 0.769 bits per heavy atom. The molecule has 9 heteroatoms. The first-order valence-corrected chi connectivity index (χ1v) is 19.2. The number of benzene rings is 3. The van der Waals surface area contributed by atoms with Gasteiger partial charge in [-0.25, -0.2) is 4.98 Å². The third-order valence-electron chi connectivity index (χ3n) is 10.9. The minimum atomic E-state index is -0.878. The smallest absolute Gasteiger partial charge is 0.242 e. The molecule has 1 saturated carbocycles. The number of amides is 3. The molecule has 0 radical (unpaired) electrons. The van der Waals surface area contributed by atoms with Crippen molar-refractivity contribution in [1.29, 1.82) is 0 Å². The first-order chi connectivity index (χ1) is 25.5. The van der Waals surface area contributed by atoms with E-state index < -0.39 is 11.5 Å². The number of aromatic amines is 1. The number of nitrogens with one attached hydrogen (secondary N) is 4. The molecule has 0 unspecified atom stereocenters. The maximum absolute atomic E-state index is 14.2. The Morgan fingerprint density at radius 3 is 1.98 bits per heavy atom. The minimum absolute atomic E-state index is 0.0732. The SMILES string of the molecule is O=C(CCNC(=O)[C@H](Cc1c[nH]cn1)NC(=O)CC(c1ccccc1)(c1ccccc1)c1ccccc1)NC[C@H]1CCCN(CC2CCCCC2)C1. The van der Waals surface area contributed by atoms with Crippen molar-refractivity contribution in [2.24, 2.45) is 11.8 Å². The molecule has 1 aliphatic heterocycles. The maximum Gasteiger partial charge on any atom is 0.242 e. The molecule has 0 bridgehead atoms. The second kappa shape index (κ2) is 18.6. The summed E-state index contributed by atoms with van der Waals surface area (Å²) in [5, 5.41) is 9.09. The topological polar surface area (TPSA) is 119 Å². The Hall–Kier alpha value is -4.76. The monoisotopic (exact) mass is 702 g/mol. The van der Waals surface area contributed by atoms with Gasteiger partial charge in [-0.05, 0) is 60.8 Å². The van der Waals surface area contributed by atoms with Gasteiger partial charge in [0.2, 0.25) is 17.7 Å². The number of carbonyl (C=O) groups is 3. The van der Waals surface area contributed by atoms with Crippen molar-refractivity contribution >= 4 is 17.7 Å². The molecule has 2 atom stereocenters. The summed E-state index contributed by atoms with van der Waals surface area (Å²) in [5.41, 5.74) is 2.79. The van der Waals surface area contributed by atoms with Crippen molar-refractivity contribution in [1.82, 2.24) is 30.8 Å². The van der Waals surface area contributed by atoms with Crippen LogP contribution in [0.2, 0.25) is 0 Å². The Labute approximate surface area is 308 Å². The predicted octanol–water partition coefficient (Wildman–Crippen LogP) is 5.78. The number of H-pyrrole nitrogens is 1. The van der Waals surface area contributed by atoms with Gasteiger partial charge in [0.05, 0.1) is 17.4 Å². The van der Waals surface area contributed by atoms with Gasteiger partial charge in [0.15, 0.2) is 0 Å². The van der Waals surface area contributed by atoms with E-state index in [9.17, 15) is 14.4 Å². The zero-order valence-corrected chi connectivity index (χ0v) is 30.3. The van der Waals surface area contributed by atoms with Crippen LogP contribution in [0.4, 0.5) is 0 Å². The highest BCUT2D eigenvalue weighted by atomic mass is 16.2. The van der Waals surface area contributed by atoms with Gasteiger partial charge in [0, 0.05) is 51.6 Å². The standard InChI is InChI=1S/C43H54N6O3/c50-40(46-28-34-16-13-25-49(31-34)30-33-14-5-1-6-15-33)23-24-45-42(52)39(26-38-29-44-32-47-38)48-41(51)27-43(35-17-7-2-8-18-35,36-19-9-3-10-20-36)37-21-11-4-12-22-37/h2-4,7-12,17-22,29,32-34,39H,1,5-6,13-16,23-28,30-31H2,(H,44,47)(H,45,52)(H,46,50)(H,48,51)/t34-,39+/m1/s1. The Bertz CT molecular complexity index is 1580. The van der Waals surface area contributed by atoms with Crippen molar-refractivity contribution in [3.63, 3.8) is 0 Å². The predicted molar refractivity (Wildman–Crippen MR) is 204 cm³/mol. The average Bonchev–Trinajstić information content (AvgIpc) is 3.71. The molecule has 52 heavy (non-hydrogen) atoms. The first kappa shape index (κ1) is 37.0. The maximum atomic E-state index is 14.2. The summed E-state index contributed by atoms with van der Waals surface area (Å²) >= 11 is 0. The molecular weight excluding hydrogens is 649 g/mol. The highest BCUT2D eigenvalue weighted by Gasteiger charge is 2.39. The number of piperidine rings is 1. The molecule has 2 fully saturated rings. The molecule has 4 N–H and O–H groups in total. The van der Waals surface area contributed by atoms with Crippen LogP contribution in [0, 0.1) is 11.8 Å². The van der Waals surface area contributed by atoms with Gasteiger partial charge in [-0.3, -0.25) is 14.4 Å².